The molecule has 3 N–H and O–H groups in total. The van der Waals surface area contributed by atoms with E-state index in [-0.39, 0.29) is 23.4 Å². The molecule has 0 saturated heterocycles. The van der Waals surface area contributed by atoms with Gasteiger partial charge >= 0.3 is 11.9 Å². The average molecular weight is 391 g/mol. The van der Waals surface area contributed by atoms with Crippen LogP contribution in [0.5, 0.6) is 5.75 Å². The van der Waals surface area contributed by atoms with Crippen molar-refractivity contribution < 1.29 is 29.3 Å². The van der Waals surface area contributed by atoms with Gasteiger partial charge in [0.2, 0.25) is 0 Å². The van der Waals surface area contributed by atoms with Crippen LogP contribution in [0.3, 0.4) is 0 Å². The maximum atomic E-state index is 12.7. The van der Waals surface area contributed by atoms with Crippen molar-refractivity contribution >= 4 is 23.5 Å². The van der Waals surface area contributed by atoms with Crippen LogP contribution in [0.4, 0.5) is 5.69 Å². The van der Waals surface area contributed by atoms with Crippen molar-refractivity contribution in [3.63, 3.8) is 0 Å². The first-order valence-electron chi connectivity index (χ1n) is 8.64. The monoisotopic (exact) mass is 391 g/mol. The molecular weight excluding hydrogens is 374 g/mol. The average Bonchev–Trinajstić information content (AvgIpc) is 2.72. The van der Waals surface area contributed by atoms with Gasteiger partial charge in [-0.15, -0.1) is 0 Å². The summed E-state index contributed by atoms with van der Waals surface area (Å²) in [5.74, 6) is -3.26. The van der Waals surface area contributed by atoms with Gasteiger partial charge in [0.05, 0.1) is 16.8 Å². The van der Waals surface area contributed by atoms with Crippen LogP contribution in [-0.4, -0.2) is 28.1 Å². The minimum absolute atomic E-state index is 0.0187. The molecule has 0 radical (unpaired) electrons. The van der Waals surface area contributed by atoms with Gasteiger partial charge in [0.15, 0.2) is 0 Å². The van der Waals surface area contributed by atoms with E-state index in [9.17, 15) is 24.6 Å². The number of ether oxygens (including phenoxy) is 1. The molecule has 0 aromatic heterocycles. The summed E-state index contributed by atoms with van der Waals surface area (Å²) < 4.78 is 5.28. The summed E-state index contributed by atoms with van der Waals surface area (Å²) in [6.45, 7) is 0.0470. The molecule has 7 nitrogen and oxygen atoms in total. The Hall–Kier alpha value is -4.13. The topological polar surface area (TPSA) is 113 Å². The molecule has 7 heteroatoms. The second-order valence-corrected chi connectivity index (χ2v) is 6.07. The standard InChI is InChI=1S/C22H17NO6/c24-18-12-6-11-17(19(18)21(26)27)23-20(25)15-9-4-5-10-16(15)22(28)29-13-14-7-2-1-3-8-14/h1-12,24H,13H2,(H,23,25)(H,26,27). The number of nitrogens with one attached hydrogen (secondary N) is 1. The number of hydrogen-bond acceptors (Lipinski definition) is 5. The number of carboxylic acid groups (broad SMARTS) is 1. The first kappa shape index (κ1) is 19.6. The highest BCUT2D eigenvalue weighted by Crippen LogP contribution is 2.26. The second kappa shape index (κ2) is 8.71. The number of phenols is 1. The van der Waals surface area contributed by atoms with E-state index in [1.165, 1.54) is 30.3 Å². The van der Waals surface area contributed by atoms with Crippen LogP contribution in [0.1, 0.15) is 36.6 Å². The van der Waals surface area contributed by atoms with E-state index in [0.29, 0.717) is 0 Å². The Bertz CT molecular complexity index is 1060. The minimum Gasteiger partial charge on any atom is -0.507 e. The molecule has 0 aliphatic carbocycles. The summed E-state index contributed by atoms with van der Waals surface area (Å²) in [6, 6.07) is 19.1. The summed E-state index contributed by atoms with van der Waals surface area (Å²) in [4.78, 5) is 36.6. The largest absolute Gasteiger partial charge is 0.507 e. The number of hydrogen-bond donors (Lipinski definition) is 3. The van der Waals surface area contributed by atoms with Gasteiger partial charge in [-0.25, -0.2) is 9.59 Å². The van der Waals surface area contributed by atoms with Crippen molar-refractivity contribution in [1.82, 2.24) is 0 Å². The number of esters is 1. The molecule has 0 bridgehead atoms. The maximum absolute atomic E-state index is 12.7. The highest BCUT2D eigenvalue weighted by Gasteiger charge is 2.21. The summed E-state index contributed by atoms with van der Waals surface area (Å²) in [7, 11) is 0. The summed E-state index contributed by atoms with van der Waals surface area (Å²) in [6.07, 6.45) is 0. The van der Waals surface area contributed by atoms with E-state index in [4.69, 9.17) is 4.74 Å². The van der Waals surface area contributed by atoms with Crippen LogP contribution in [0.25, 0.3) is 0 Å². The Morgan fingerprint density at radius 2 is 1.48 bits per heavy atom. The lowest BCUT2D eigenvalue weighted by molar-refractivity contribution is 0.0469. The van der Waals surface area contributed by atoms with Gasteiger partial charge < -0.3 is 20.3 Å². The Morgan fingerprint density at radius 1 is 0.828 bits per heavy atom. The second-order valence-electron chi connectivity index (χ2n) is 6.07. The van der Waals surface area contributed by atoms with Gasteiger partial charge in [-0.1, -0.05) is 48.5 Å². The molecule has 0 spiro atoms. The number of carboxylic acids is 1. The molecule has 0 heterocycles. The molecule has 0 aliphatic heterocycles. The lowest BCUT2D eigenvalue weighted by Gasteiger charge is -2.12. The third-order valence-corrected chi connectivity index (χ3v) is 4.11. The highest BCUT2D eigenvalue weighted by atomic mass is 16.5. The Morgan fingerprint density at radius 3 is 2.17 bits per heavy atom. The molecule has 3 aromatic rings. The van der Waals surface area contributed by atoms with Gasteiger partial charge in [-0.05, 0) is 29.8 Å². The molecule has 0 unspecified atom stereocenters. The van der Waals surface area contributed by atoms with Gasteiger partial charge in [0, 0.05) is 0 Å². The van der Waals surface area contributed by atoms with Crippen LogP contribution < -0.4 is 5.32 Å². The molecule has 3 rings (SSSR count). The van der Waals surface area contributed by atoms with Crippen molar-refractivity contribution in [2.24, 2.45) is 0 Å². The van der Waals surface area contributed by atoms with Crippen LogP contribution in [-0.2, 0) is 11.3 Å². The van der Waals surface area contributed by atoms with Crippen LogP contribution in [0.15, 0.2) is 72.8 Å². The SMILES string of the molecule is O=C(Nc1cccc(O)c1C(=O)O)c1ccccc1C(=O)OCc1ccccc1. The quantitative estimate of drug-likeness (QED) is 0.552. The number of rotatable bonds is 6. The lowest BCUT2D eigenvalue weighted by Crippen LogP contribution is -2.19. The summed E-state index contributed by atoms with van der Waals surface area (Å²) in [5.41, 5.74) is 0.330. The van der Waals surface area contributed by atoms with Gasteiger partial charge in [-0.2, -0.15) is 0 Å². The van der Waals surface area contributed by atoms with Gasteiger partial charge in [0.25, 0.3) is 5.91 Å². The molecule has 3 aromatic carbocycles. The minimum atomic E-state index is -1.39. The fourth-order valence-corrected chi connectivity index (χ4v) is 2.72. The predicted octanol–water partition coefficient (Wildman–Crippen LogP) is 3.70. The number of benzene rings is 3. The first-order chi connectivity index (χ1) is 14.0. The normalized spacial score (nSPS) is 10.2. The zero-order valence-corrected chi connectivity index (χ0v) is 15.2. The lowest BCUT2D eigenvalue weighted by atomic mass is 10.1. The molecular formula is C22H17NO6. The fourth-order valence-electron chi connectivity index (χ4n) is 2.72. The van der Waals surface area contributed by atoms with Crippen LogP contribution >= 0.6 is 0 Å². The molecule has 0 aliphatic rings. The van der Waals surface area contributed by atoms with E-state index in [1.54, 1.807) is 24.3 Å². The number of aromatic hydroxyl groups is 1. The Labute approximate surface area is 166 Å². The summed E-state index contributed by atoms with van der Waals surface area (Å²) in [5, 5.41) is 21.5. The number of aromatic carboxylic acids is 1. The number of carbonyl (C=O) groups is 3. The Balaban J connectivity index is 1.82. The third-order valence-electron chi connectivity index (χ3n) is 4.11. The zero-order chi connectivity index (χ0) is 20.8. The smallest absolute Gasteiger partial charge is 0.341 e. The summed E-state index contributed by atoms with van der Waals surface area (Å²) >= 11 is 0. The van der Waals surface area contributed by atoms with Crippen molar-refractivity contribution in [3.8, 4) is 5.75 Å². The van der Waals surface area contributed by atoms with Crippen LogP contribution in [0, 0.1) is 0 Å². The van der Waals surface area contributed by atoms with E-state index in [2.05, 4.69) is 5.32 Å². The van der Waals surface area contributed by atoms with Gasteiger partial charge in [-0.3, -0.25) is 4.79 Å². The van der Waals surface area contributed by atoms with E-state index < -0.39 is 29.2 Å². The third kappa shape index (κ3) is 4.59. The highest BCUT2D eigenvalue weighted by molar-refractivity contribution is 6.13. The first-order valence-corrected chi connectivity index (χ1v) is 8.64. The van der Waals surface area contributed by atoms with Crippen molar-refractivity contribution in [3.05, 3.63) is 95.1 Å². The predicted molar refractivity (Wildman–Crippen MR) is 105 cm³/mol. The number of amides is 1. The van der Waals surface area contributed by atoms with E-state index >= 15 is 0 Å². The van der Waals surface area contributed by atoms with E-state index in [1.807, 2.05) is 18.2 Å². The van der Waals surface area contributed by atoms with E-state index in [0.717, 1.165) is 5.56 Å². The van der Waals surface area contributed by atoms with Crippen molar-refractivity contribution in [1.29, 1.82) is 0 Å². The fraction of sp³-hybridized carbons (Fsp3) is 0.0455. The number of carbonyl (C=O) groups excluding carboxylic acids is 2. The van der Waals surface area contributed by atoms with Crippen molar-refractivity contribution in [2.75, 3.05) is 5.32 Å². The molecule has 0 atom stereocenters. The number of anilines is 1. The van der Waals surface area contributed by atoms with Gasteiger partial charge in [0.1, 0.15) is 17.9 Å². The molecule has 146 valence electrons. The van der Waals surface area contributed by atoms with Crippen molar-refractivity contribution in [2.45, 2.75) is 6.61 Å². The van der Waals surface area contributed by atoms with Crippen LogP contribution in [0.2, 0.25) is 0 Å². The molecule has 0 fully saturated rings. The molecule has 29 heavy (non-hydrogen) atoms. The molecule has 0 saturated carbocycles. The zero-order valence-electron chi connectivity index (χ0n) is 15.2. The molecule has 1 amide bonds. The Kier molecular flexibility index (Phi) is 5.89. The maximum Gasteiger partial charge on any atom is 0.341 e.